The van der Waals surface area contributed by atoms with E-state index in [2.05, 4.69) is 4.98 Å². The maximum atomic E-state index is 12.8. The Morgan fingerprint density at radius 3 is 2.63 bits per heavy atom. The number of halogens is 1. The fourth-order valence-corrected chi connectivity index (χ4v) is 1.71. The molecule has 4 nitrogen and oxygen atoms in total. The molecule has 0 radical (unpaired) electrons. The fourth-order valence-electron chi connectivity index (χ4n) is 1.71. The molecule has 0 aliphatic rings. The molecule has 98 valence electrons. The van der Waals surface area contributed by atoms with Gasteiger partial charge < -0.3 is 10.0 Å². The molecule has 1 aromatic carbocycles. The Morgan fingerprint density at radius 1 is 1.32 bits per heavy atom. The molecule has 0 unspecified atom stereocenters. The Kier molecular flexibility index (Phi) is 3.75. The first-order valence-electron chi connectivity index (χ1n) is 5.71. The van der Waals surface area contributed by atoms with Crippen LogP contribution in [0.3, 0.4) is 0 Å². The lowest BCUT2D eigenvalue weighted by Crippen LogP contribution is -2.26. The summed E-state index contributed by atoms with van der Waals surface area (Å²) in [5, 5.41) is 9.57. The Labute approximate surface area is 110 Å². The van der Waals surface area contributed by atoms with Crippen LogP contribution in [0.25, 0.3) is 0 Å². The largest absolute Gasteiger partial charge is 0.505 e. The minimum absolute atomic E-state index is 0.154. The van der Waals surface area contributed by atoms with Crippen molar-refractivity contribution < 1.29 is 14.3 Å². The van der Waals surface area contributed by atoms with Crippen LogP contribution in [0.1, 0.15) is 15.9 Å². The first kappa shape index (κ1) is 13.0. The second-order valence-corrected chi connectivity index (χ2v) is 4.18. The molecule has 0 bridgehead atoms. The molecule has 0 aliphatic carbocycles. The van der Waals surface area contributed by atoms with E-state index in [1.54, 1.807) is 19.2 Å². The molecule has 1 N–H and O–H groups in total. The van der Waals surface area contributed by atoms with Crippen molar-refractivity contribution in [3.8, 4) is 5.75 Å². The minimum atomic E-state index is -0.316. The van der Waals surface area contributed by atoms with Gasteiger partial charge in [0.2, 0.25) is 0 Å². The van der Waals surface area contributed by atoms with Crippen LogP contribution < -0.4 is 0 Å². The second kappa shape index (κ2) is 5.48. The molecule has 1 amide bonds. The summed E-state index contributed by atoms with van der Waals surface area (Å²) in [7, 11) is 1.62. The number of carbonyl (C=O) groups excluding carboxylic acids is 1. The standard InChI is InChI=1S/C14H13FN2O2/c1-17(9-10-2-4-11(15)5-3-10)14(19)12-6-7-16-8-13(12)18/h2-8,18H,9H2,1H3. The summed E-state index contributed by atoms with van der Waals surface area (Å²) in [5.74, 6) is -0.785. The lowest BCUT2D eigenvalue weighted by molar-refractivity contribution is 0.0782. The Bertz CT molecular complexity index is 584. The highest BCUT2D eigenvalue weighted by molar-refractivity contribution is 5.96. The lowest BCUT2D eigenvalue weighted by Gasteiger charge is -2.17. The number of benzene rings is 1. The van der Waals surface area contributed by atoms with E-state index >= 15 is 0 Å². The van der Waals surface area contributed by atoms with Gasteiger partial charge in [-0.15, -0.1) is 0 Å². The molecule has 2 rings (SSSR count). The molecule has 0 fully saturated rings. The Morgan fingerprint density at radius 2 is 2.00 bits per heavy atom. The molecule has 1 aromatic heterocycles. The van der Waals surface area contributed by atoms with Gasteiger partial charge in [-0.2, -0.15) is 0 Å². The zero-order chi connectivity index (χ0) is 13.8. The number of pyridine rings is 1. The van der Waals surface area contributed by atoms with Gasteiger partial charge in [0.25, 0.3) is 5.91 Å². The van der Waals surface area contributed by atoms with Gasteiger partial charge >= 0.3 is 0 Å². The highest BCUT2D eigenvalue weighted by atomic mass is 19.1. The number of hydrogen-bond acceptors (Lipinski definition) is 3. The van der Waals surface area contributed by atoms with Crippen molar-refractivity contribution in [2.24, 2.45) is 0 Å². The third-order valence-corrected chi connectivity index (χ3v) is 2.71. The molecular formula is C14H13FN2O2. The zero-order valence-electron chi connectivity index (χ0n) is 10.4. The molecule has 19 heavy (non-hydrogen) atoms. The minimum Gasteiger partial charge on any atom is -0.505 e. The van der Waals surface area contributed by atoms with Gasteiger partial charge in [-0.25, -0.2) is 4.39 Å². The van der Waals surface area contributed by atoms with Crippen LogP contribution in [0.15, 0.2) is 42.7 Å². The van der Waals surface area contributed by atoms with E-state index in [1.165, 1.54) is 35.5 Å². The molecule has 0 saturated heterocycles. The molecule has 5 heteroatoms. The van der Waals surface area contributed by atoms with Crippen molar-refractivity contribution in [2.75, 3.05) is 7.05 Å². The Balaban J connectivity index is 2.12. The topological polar surface area (TPSA) is 53.4 Å². The van der Waals surface area contributed by atoms with Crippen LogP contribution in [-0.2, 0) is 6.54 Å². The quantitative estimate of drug-likeness (QED) is 0.920. The van der Waals surface area contributed by atoms with Crippen LogP contribution in [0, 0.1) is 5.82 Å². The smallest absolute Gasteiger partial charge is 0.257 e. The van der Waals surface area contributed by atoms with Gasteiger partial charge in [0.1, 0.15) is 11.6 Å². The maximum Gasteiger partial charge on any atom is 0.257 e. The van der Waals surface area contributed by atoms with Crippen molar-refractivity contribution in [1.29, 1.82) is 0 Å². The number of hydrogen-bond donors (Lipinski definition) is 1. The number of amides is 1. The summed E-state index contributed by atoms with van der Waals surface area (Å²) in [6, 6.07) is 7.38. The summed E-state index contributed by atoms with van der Waals surface area (Å²) in [6.45, 7) is 0.334. The van der Waals surface area contributed by atoms with E-state index in [9.17, 15) is 14.3 Å². The number of aromatic nitrogens is 1. The number of rotatable bonds is 3. The molecule has 1 heterocycles. The van der Waals surface area contributed by atoms with Crippen molar-refractivity contribution >= 4 is 5.91 Å². The van der Waals surface area contributed by atoms with Crippen molar-refractivity contribution in [2.45, 2.75) is 6.54 Å². The fraction of sp³-hybridized carbons (Fsp3) is 0.143. The van der Waals surface area contributed by atoms with Gasteiger partial charge in [0.15, 0.2) is 0 Å². The summed E-state index contributed by atoms with van der Waals surface area (Å²) in [6.07, 6.45) is 2.66. The number of aromatic hydroxyl groups is 1. The Hall–Kier alpha value is -2.43. The van der Waals surface area contributed by atoms with Gasteiger partial charge in [0, 0.05) is 19.8 Å². The third-order valence-electron chi connectivity index (χ3n) is 2.71. The average molecular weight is 260 g/mol. The SMILES string of the molecule is CN(Cc1ccc(F)cc1)C(=O)c1ccncc1O. The summed E-state index contributed by atoms with van der Waals surface area (Å²) in [5.41, 5.74) is 1.01. The monoisotopic (exact) mass is 260 g/mol. The van der Waals surface area contributed by atoms with E-state index in [0.717, 1.165) is 5.56 Å². The normalized spacial score (nSPS) is 10.2. The molecule has 0 aliphatic heterocycles. The average Bonchev–Trinajstić information content (AvgIpc) is 2.41. The zero-order valence-corrected chi connectivity index (χ0v) is 10.4. The molecule has 2 aromatic rings. The molecule has 0 atom stereocenters. The molecular weight excluding hydrogens is 247 g/mol. The van der Waals surface area contributed by atoms with Crippen LogP contribution in [0.2, 0.25) is 0 Å². The van der Waals surface area contributed by atoms with Crippen molar-refractivity contribution in [3.63, 3.8) is 0 Å². The summed E-state index contributed by atoms with van der Waals surface area (Å²) >= 11 is 0. The van der Waals surface area contributed by atoms with E-state index in [0.29, 0.717) is 6.54 Å². The van der Waals surface area contributed by atoms with Crippen LogP contribution >= 0.6 is 0 Å². The first-order chi connectivity index (χ1) is 9.08. The molecule has 0 spiro atoms. The van der Waals surface area contributed by atoms with E-state index in [-0.39, 0.29) is 23.0 Å². The highest BCUT2D eigenvalue weighted by Gasteiger charge is 2.15. The molecule has 0 saturated carbocycles. The first-order valence-corrected chi connectivity index (χ1v) is 5.71. The van der Waals surface area contributed by atoms with Crippen molar-refractivity contribution in [1.82, 2.24) is 9.88 Å². The van der Waals surface area contributed by atoms with Gasteiger partial charge in [-0.3, -0.25) is 9.78 Å². The van der Waals surface area contributed by atoms with E-state index in [4.69, 9.17) is 0 Å². The van der Waals surface area contributed by atoms with Crippen LogP contribution in [-0.4, -0.2) is 27.9 Å². The van der Waals surface area contributed by atoms with Crippen molar-refractivity contribution in [3.05, 3.63) is 59.7 Å². The third kappa shape index (κ3) is 3.07. The van der Waals surface area contributed by atoms with Gasteiger partial charge in [0.05, 0.1) is 11.8 Å². The number of carbonyl (C=O) groups is 1. The van der Waals surface area contributed by atoms with E-state index < -0.39 is 0 Å². The predicted octanol–water partition coefficient (Wildman–Crippen LogP) is 2.20. The van der Waals surface area contributed by atoms with Gasteiger partial charge in [-0.1, -0.05) is 12.1 Å². The maximum absolute atomic E-state index is 12.8. The second-order valence-electron chi connectivity index (χ2n) is 4.18. The summed E-state index contributed by atoms with van der Waals surface area (Å²) in [4.78, 5) is 17.3. The lowest BCUT2D eigenvalue weighted by atomic mass is 10.2. The summed E-state index contributed by atoms with van der Waals surface area (Å²) < 4.78 is 12.8. The predicted molar refractivity (Wildman–Crippen MR) is 68.1 cm³/mol. The highest BCUT2D eigenvalue weighted by Crippen LogP contribution is 2.17. The van der Waals surface area contributed by atoms with Crippen LogP contribution in [0.5, 0.6) is 5.75 Å². The van der Waals surface area contributed by atoms with Gasteiger partial charge in [-0.05, 0) is 23.8 Å². The van der Waals surface area contributed by atoms with Crippen LogP contribution in [0.4, 0.5) is 4.39 Å². The van der Waals surface area contributed by atoms with E-state index in [1.807, 2.05) is 0 Å². The number of nitrogens with zero attached hydrogens (tertiary/aromatic N) is 2.